The molecule has 0 aliphatic heterocycles. The summed E-state index contributed by atoms with van der Waals surface area (Å²) in [6.45, 7) is 12.1. The molecular weight excluding hydrogens is 602 g/mol. The van der Waals surface area contributed by atoms with E-state index in [4.69, 9.17) is 9.47 Å². The molecule has 5 N–H and O–H groups in total. The van der Waals surface area contributed by atoms with E-state index in [0.717, 1.165) is 31.2 Å². The molecule has 1 saturated carbocycles. The zero-order chi connectivity index (χ0) is 34.8. The molecule has 2 unspecified atom stereocenters. The SMILES string of the molecule is CCCOC(=O)N[C@H](C(=O)NC(Cc1ccccc1)C(O)CN(CC1CCCCC1)NC(=O)[C@@H](NC(=O)OCCC)C(C)C)C(C)C. The van der Waals surface area contributed by atoms with Crippen molar-refractivity contribution in [1.29, 1.82) is 0 Å². The number of hydrazine groups is 1. The van der Waals surface area contributed by atoms with E-state index in [1.807, 2.05) is 71.9 Å². The van der Waals surface area contributed by atoms with Gasteiger partial charge in [0.25, 0.3) is 5.91 Å². The molecule has 0 bridgehead atoms. The highest BCUT2D eigenvalue weighted by Gasteiger charge is 2.33. The maximum Gasteiger partial charge on any atom is 0.407 e. The number of aliphatic hydroxyl groups excluding tert-OH is 1. The van der Waals surface area contributed by atoms with Gasteiger partial charge in [-0.25, -0.2) is 14.6 Å². The molecule has 0 spiro atoms. The molecule has 0 radical (unpaired) electrons. The highest BCUT2D eigenvalue weighted by molar-refractivity contribution is 5.86. The number of carbonyl (C=O) groups excluding carboxylic acids is 4. The maximum absolute atomic E-state index is 13.6. The summed E-state index contributed by atoms with van der Waals surface area (Å²) in [6.07, 6.45) is 4.62. The number of hydrogen-bond donors (Lipinski definition) is 5. The normalized spacial score (nSPS) is 16.2. The van der Waals surface area contributed by atoms with Gasteiger partial charge < -0.3 is 30.5 Å². The van der Waals surface area contributed by atoms with E-state index in [1.54, 1.807) is 5.01 Å². The molecular formula is C35H59N5O7. The topological polar surface area (TPSA) is 158 Å². The standard InChI is InChI=1S/C35H59N5O7/c1-7-19-46-34(44)37-30(24(3)4)32(42)36-28(21-26-15-11-9-12-16-26)29(41)23-40(22-27-17-13-10-14-18-27)39-33(43)31(25(5)6)38-35(45)47-20-8-2/h9,11-12,15-16,24-25,27-31,41H,7-8,10,13-14,17-23H2,1-6H3,(H,36,42)(H,37,44)(H,38,45)(H,39,43)/t28?,29?,30-,31-/m0/s1. The van der Waals surface area contributed by atoms with Crippen LogP contribution in [0.25, 0.3) is 0 Å². The number of amides is 4. The number of aliphatic hydroxyl groups is 1. The van der Waals surface area contributed by atoms with Gasteiger partial charge >= 0.3 is 12.2 Å². The van der Waals surface area contributed by atoms with Crippen molar-refractivity contribution in [2.45, 2.75) is 117 Å². The molecule has 0 heterocycles. The first-order chi connectivity index (χ1) is 22.4. The Balaban J connectivity index is 2.29. The molecule has 1 aromatic rings. The molecule has 0 saturated heterocycles. The van der Waals surface area contributed by atoms with Crippen molar-refractivity contribution < 1.29 is 33.8 Å². The maximum atomic E-state index is 13.6. The van der Waals surface area contributed by atoms with E-state index in [1.165, 1.54) is 6.42 Å². The van der Waals surface area contributed by atoms with Crippen molar-refractivity contribution in [1.82, 2.24) is 26.4 Å². The fraction of sp³-hybridized carbons (Fsp3) is 0.714. The van der Waals surface area contributed by atoms with Gasteiger partial charge in [0.1, 0.15) is 12.1 Å². The average molecular weight is 662 g/mol. The number of benzene rings is 1. The number of rotatable bonds is 19. The van der Waals surface area contributed by atoms with Gasteiger partial charge in [-0.3, -0.25) is 15.0 Å². The minimum atomic E-state index is -1.09. The first-order valence-corrected chi connectivity index (χ1v) is 17.4. The summed E-state index contributed by atoms with van der Waals surface area (Å²) in [5, 5.41) is 21.8. The van der Waals surface area contributed by atoms with Gasteiger partial charge in [-0.05, 0) is 55.4 Å². The van der Waals surface area contributed by atoms with E-state index < -0.39 is 48.2 Å². The highest BCUT2D eigenvalue weighted by Crippen LogP contribution is 2.24. The van der Waals surface area contributed by atoms with Crippen LogP contribution in [-0.4, -0.2) is 84.6 Å². The summed E-state index contributed by atoms with van der Waals surface area (Å²) in [6, 6.07) is 7.05. The van der Waals surface area contributed by atoms with Crippen LogP contribution in [0.4, 0.5) is 9.59 Å². The third-order valence-electron chi connectivity index (χ3n) is 8.29. The molecule has 4 atom stereocenters. The van der Waals surface area contributed by atoms with Crippen LogP contribution in [0.2, 0.25) is 0 Å². The summed E-state index contributed by atoms with van der Waals surface area (Å²) in [7, 11) is 0. The average Bonchev–Trinajstić information content (AvgIpc) is 3.04. The van der Waals surface area contributed by atoms with Crippen LogP contribution in [0, 0.1) is 17.8 Å². The summed E-state index contributed by atoms with van der Waals surface area (Å²) >= 11 is 0. The number of hydrogen-bond acceptors (Lipinski definition) is 8. The Hall–Kier alpha value is -3.38. The minimum absolute atomic E-state index is 0.0312. The van der Waals surface area contributed by atoms with Gasteiger partial charge in [0, 0.05) is 13.1 Å². The van der Waals surface area contributed by atoms with Crippen molar-refractivity contribution in [3.05, 3.63) is 35.9 Å². The summed E-state index contributed by atoms with van der Waals surface area (Å²) in [5.41, 5.74) is 3.88. The van der Waals surface area contributed by atoms with Crippen molar-refractivity contribution in [2.75, 3.05) is 26.3 Å². The van der Waals surface area contributed by atoms with Gasteiger partial charge in [-0.15, -0.1) is 0 Å². The second-order valence-electron chi connectivity index (χ2n) is 13.3. The van der Waals surface area contributed by atoms with Crippen molar-refractivity contribution in [3.63, 3.8) is 0 Å². The lowest BCUT2D eigenvalue weighted by atomic mass is 9.89. The Morgan fingerprint density at radius 1 is 0.809 bits per heavy atom. The monoisotopic (exact) mass is 661 g/mol. The lowest BCUT2D eigenvalue weighted by Crippen LogP contribution is -2.60. The molecule has 1 aliphatic carbocycles. The number of nitrogens with one attached hydrogen (secondary N) is 4. The van der Waals surface area contributed by atoms with Crippen LogP contribution < -0.4 is 21.4 Å². The van der Waals surface area contributed by atoms with Crippen LogP contribution >= 0.6 is 0 Å². The van der Waals surface area contributed by atoms with Crippen molar-refractivity contribution in [2.24, 2.45) is 17.8 Å². The Morgan fingerprint density at radius 3 is 1.85 bits per heavy atom. The van der Waals surface area contributed by atoms with Gasteiger partial charge in [-0.2, -0.15) is 0 Å². The molecule has 1 aliphatic rings. The fourth-order valence-electron chi connectivity index (χ4n) is 5.65. The third-order valence-corrected chi connectivity index (χ3v) is 8.29. The van der Waals surface area contributed by atoms with Crippen LogP contribution in [0.15, 0.2) is 30.3 Å². The van der Waals surface area contributed by atoms with E-state index >= 15 is 0 Å². The molecule has 47 heavy (non-hydrogen) atoms. The van der Waals surface area contributed by atoms with E-state index in [-0.39, 0.29) is 31.6 Å². The molecule has 2 rings (SSSR count). The summed E-state index contributed by atoms with van der Waals surface area (Å²) in [4.78, 5) is 51.9. The third kappa shape index (κ3) is 14.9. The highest BCUT2D eigenvalue weighted by atomic mass is 16.6. The zero-order valence-electron chi connectivity index (χ0n) is 29.3. The fourth-order valence-corrected chi connectivity index (χ4v) is 5.65. The summed E-state index contributed by atoms with van der Waals surface area (Å²) < 4.78 is 10.3. The van der Waals surface area contributed by atoms with E-state index in [9.17, 15) is 24.3 Å². The van der Waals surface area contributed by atoms with E-state index in [0.29, 0.717) is 31.7 Å². The van der Waals surface area contributed by atoms with Crippen LogP contribution in [0.3, 0.4) is 0 Å². The van der Waals surface area contributed by atoms with Crippen LogP contribution in [0.5, 0.6) is 0 Å². The van der Waals surface area contributed by atoms with Crippen LogP contribution in [-0.2, 0) is 25.5 Å². The lowest BCUT2D eigenvalue weighted by Gasteiger charge is -2.35. The van der Waals surface area contributed by atoms with Gasteiger partial charge in [0.2, 0.25) is 5.91 Å². The Kier molecular flexibility index (Phi) is 18.2. The molecule has 266 valence electrons. The number of ether oxygens (including phenoxy) is 2. The second-order valence-corrected chi connectivity index (χ2v) is 13.3. The van der Waals surface area contributed by atoms with Gasteiger partial charge in [-0.1, -0.05) is 91.1 Å². The first kappa shape index (κ1) is 39.8. The Morgan fingerprint density at radius 2 is 1.34 bits per heavy atom. The van der Waals surface area contributed by atoms with Crippen LogP contribution in [0.1, 0.15) is 92.1 Å². The predicted molar refractivity (Wildman–Crippen MR) is 181 cm³/mol. The quantitative estimate of drug-likeness (QED) is 0.137. The molecule has 4 amide bonds. The van der Waals surface area contributed by atoms with Crippen molar-refractivity contribution >= 4 is 24.0 Å². The second kappa shape index (κ2) is 21.5. The molecule has 12 heteroatoms. The molecule has 1 aromatic carbocycles. The Bertz CT molecular complexity index is 1080. The number of alkyl carbamates (subject to hydrolysis) is 2. The molecule has 1 fully saturated rings. The van der Waals surface area contributed by atoms with Crippen molar-refractivity contribution in [3.8, 4) is 0 Å². The zero-order valence-corrected chi connectivity index (χ0v) is 29.3. The van der Waals surface area contributed by atoms with E-state index in [2.05, 4.69) is 21.4 Å². The molecule has 12 nitrogen and oxygen atoms in total. The first-order valence-electron chi connectivity index (χ1n) is 17.4. The number of nitrogens with zero attached hydrogens (tertiary/aromatic N) is 1. The minimum Gasteiger partial charge on any atom is -0.450 e. The molecule has 0 aromatic heterocycles. The summed E-state index contributed by atoms with van der Waals surface area (Å²) in [5.74, 6) is -0.992. The lowest BCUT2D eigenvalue weighted by molar-refractivity contribution is -0.131. The smallest absolute Gasteiger partial charge is 0.407 e. The number of carbonyl (C=O) groups is 4. The van der Waals surface area contributed by atoms with Gasteiger partial charge in [0.15, 0.2) is 0 Å². The predicted octanol–water partition coefficient (Wildman–Crippen LogP) is 4.31. The Labute approximate surface area is 281 Å². The van der Waals surface area contributed by atoms with Gasteiger partial charge in [0.05, 0.1) is 25.4 Å². The largest absolute Gasteiger partial charge is 0.450 e.